The first-order valence-electron chi connectivity index (χ1n) is 6.46. The van der Waals surface area contributed by atoms with Crippen LogP contribution in [0, 0.1) is 0 Å². The van der Waals surface area contributed by atoms with Crippen molar-refractivity contribution < 1.29 is 0 Å². The summed E-state index contributed by atoms with van der Waals surface area (Å²) in [5.74, 6) is 1.86. The van der Waals surface area contributed by atoms with Gasteiger partial charge in [-0.05, 0) is 50.3 Å². The third-order valence-corrected chi connectivity index (χ3v) is 3.42. The van der Waals surface area contributed by atoms with Crippen LogP contribution in [0.1, 0.15) is 43.5 Å². The van der Waals surface area contributed by atoms with E-state index < -0.39 is 0 Å². The molecule has 1 aromatic carbocycles. The molecule has 0 spiro atoms. The SMILES string of the molecule is CC(N)CCc1ccc2nc(C3CC3)[nH]c2c1. The number of H-pyrrole nitrogens is 1. The Morgan fingerprint density at radius 2 is 2.29 bits per heavy atom. The molecule has 3 rings (SSSR count). The van der Waals surface area contributed by atoms with Crippen molar-refractivity contribution in [2.75, 3.05) is 0 Å². The van der Waals surface area contributed by atoms with Crippen LogP contribution < -0.4 is 5.73 Å². The van der Waals surface area contributed by atoms with Gasteiger partial charge in [-0.3, -0.25) is 0 Å². The molecule has 0 aliphatic heterocycles. The van der Waals surface area contributed by atoms with Gasteiger partial charge in [0.05, 0.1) is 11.0 Å². The Hall–Kier alpha value is -1.35. The molecule has 0 amide bonds. The highest BCUT2D eigenvalue weighted by Gasteiger charge is 2.26. The molecule has 1 fully saturated rings. The van der Waals surface area contributed by atoms with Gasteiger partial charge in [-0.2, -0.15) is 0 Å². The second-order valence-corrected chi connectivity index (χ2v) is 5.26. The van der Waals surface area contributed by atoms with Gasteiger partial charge in [-0.25, -0.2) is 4.98 Å². The molecule has 3 heteroatoms. The van der Waals surface area contributed by atoms with Gasteiger partial charge >= 0.3 is 0 Å². The second kappa shape index (κ2) is 4.15. The zero-order valence-corrected chi connectivity index (χ0v) is 10.2. The lowest BCUT2D eigenvalue weighted by molar-refractivity contribution is 0.666. The molecule has 0 radical (unpaired) electrons. The zero-order chi connectivity index (χ0) is 11.8. The van der Waals surface area contributed by atoms with Gasteiger partial charge in [0.25, 0.3) is 0 Å². The van der Waals surface area contributed by atoms with Gasteiger partial charge in [0, 0.05) is 12.0 Å². The molecule has 3 N–H and O–H groups in total. The number of hydrogen-bond acceptors (Lipinski definition) is 2. The van der Waals surface area contributed by atoms with Crippen molar-refractivity contribution in [3.8, 4) is 0 Å². The number of fused-ring (bicyclic) bond motifs is 1. The summed E-state index contributed by atoms with van der Waals surface area (Å²) in [5.41, 5.74) is 9.40. The predicted molar refractivity (Wildman–Crippen MR) is 70.0 cm³/mol. The second-order valence-electron chi connectivity index (χ2n) is 5.26. The molecule has 1 aliphatic carbocycles. The van der Waals surface area contributed by atoms with E-state index >= 15 is 0 Å². The smallest absolute Gasteiger partial charge is 0.110 e. The molecular formula is C14H19N3. The first-order valence-corrected chi connectivity index (χ1v) is 6.46. The van der Waals surface area contributed by atoms with E-state index in [-0.39, 0.29) is 6.04 Å². The Labute approximate surface area is 101 Å². The van der Waals surface area contributed by atoms with Crippen molar-refractivity contribution in [3.05, 3.63) is 29.6 Å². The average Bonchev–Trinajstić information content (AvgIpc) is 3.06. The fraction of sp³-hybridized carbons (Fsp3) is 0.500. The number of rotatable bonds is 4. The predicted octanol–water partition coefficient (Wildman–Crippen LogP) is 2.72. The van der Waals surface area contributed by atoms with E-state index in [2.05, 4.69) is 35.1 Å². The monoisotopic (exact) mass is 229 g/mol. The van der Waals surface area contributed by atoms with Crippen LogP contribution in [0.5, 0.6) is 0 Å². The number of nitrogens with one attached hydrogen (secondary N) is 1. The minimum absolute atomic E-state index is 0.273. The van der Waals surface area contributed by atoms with Gasteiger partial charge in [0.1, 0.15) is 5.82 Å². The van der Waals surface area contributed by atoms with Crippen LogP contribution in [-0.4, -0.2) is 16.0 Å². The quantitative estimate of drug-likeness (QED) is 0.847. The van der Waals surface area contributed by atoms with Gasteiger partial charge in [0.2, 0.25) is 0 Å². The van der Waals surface area contributed by atoms with Gasteiger partial charge < -0.3 is 10.7 Å². The normalized spacial score (nSPS) is 17.5. The van der Waals surface area contributed by atoms with E-state index in [0.717, 1.165) is 18.4 Å². The third-order valence-electron chi connectivity index (χ3n) is 3.42. The Kier molecular flexibility index (Phi) is 2.63. The Morgan fingerprint density at radius 3 is 3.00 bits per heavy atom. The highest BCUT2D eigenvalue weighted by Crippen LogP contribution is 2.39. The molecule has 1 aromatic heterocycles. The van der Waals surface area contributed by atoms with Gasteiger partial charge in [-0.1, -0.05) is 6.07 Å². The van der Waals surface area contributed by atoms with Gasteiger partial charge in [0.15, 0.2) is 0 Å². The van der Waals surface area contributed by atoms with E-state index in [1.165, 1.54) is 29.7 Å². The van der Waals surface area contributed by atoms with Crippen LogP contribution in [0.25, 0.3) is 11.0 Å². The average molecular weight is 229 g/mol. The molecule has 17 heavy (non-hydrogen) atoms. The maximum absolute atomic E-state index is 5.78. The molecule has 1 unspecified atom stereocenters. The lowest BCUT2D eigenvalue weighted by Gasteiger charge is -2.04. The maximum Gasteiger partial charge on any atom is 0.110 e. The minimum atomic E-state index is 0.273. The van der Waals surface area contributed by atoms with Crippen LogP contribution in [0.4, 0.5) is 0 Å². The van der Waals surface area contributed by atoms with E-state index in [1.54, 1.807) is 0 Å². The Bertz CT molecular complexity index is 523. The summed E-state index contributed by atoms with van der Waals surface area (Å²) >= 11 is 0. The summed E-state index contributed by atoms with van der Waals surface area (Å²) in [5, 5.41) is 0. The maximum atomic E-state index is 5.78. The molecule has 90 valence electrons. The summed E-state index contributed by atoms with van der Waals surface area (Å²) in [6.45, 7) is 2.06. The summed E-state index contributed by atoms with van der Waals surface area (Å²) in [6, 6.07) is 6.78. The Morgan fingerprint density at radius 1 is 1.47 bits per heavy atom. The van der Waals surface area contributed by atoms with Crippen molar-refractivity contribution in [2.24, 2.45) is 5.73 Å². The number of aromatic amines is 1. The highest BCUT2D eigenvalue weighted by atomic mass is 14.9. The number of imidazole rings is 1. The molecule has 3 nitrogen and oxygen atoms in total. The minimum Gasteiger partial charge on any atom is -0.342 e. The fourth-order valence-electron chi connectivity index (χ4n) is 2.18. The van der Waals surface area contributed by atoms with Crippen molar-refractivity contribution in [1.82, 2.24) is 9.97 Å². The number of nitrogens with two attached hydrogens (primary N) is 1. The van der Waals surface area contributed by atoms with Crippen LogP contribution in [0.2, 0.25) is 0 Å². The fourth-order valence-corrected chi connectivity index (χ4v) is 2.18. The highest BCUT2D eigenvalue weighted by molar-refractivity contribution is 5.76. The van der Waals surface area contributed by atoms with Crippen LogP contribution in [0.3, 0.4) is 0 Å². The summed E-state index contributed by atoms with van der Waals surface area (Å²) in [6.07, 6.45) is 4.66. The van der Waals surface area contributed by atoms with Crippen LogP contribution in [-0.2, 0) is 6.42 Å². The lowest BCUT2D eigenvalue weighted by Crippen LogP contribution is -2.15. The Balaban J connectivity index is 1.84. The number of nitrogens with zero attached hydrogens (tertiary/aromatic N) is 1. The molecule has 0 bridgehead atoms. The topological polar surface area (TPSA) is 54.7 Å². The molecule has 1 aliphatic rings. The van der Waals surface area contributed by atoms with Crippen LogP contribution in [0.15, 0.2) is 18.2 Å². The largest absolute Gasteiger partial charge is 0.342 e. The summed E-state index contributed by atoms with van der Waals surface area (Å²) in [7, 11) is 0. The summed E-state index contributed by atoms with van der Waals surface area (Å²) < 4.78 is 0. The first kappa shape index (κ1) is 10.8. The van der Waals surface area contributed by atoms with Crippen molar-refractivity contribution in [2.45, 2.75) is 44.6 Å². The molecule has 1 saturated carbocycles. The lowest BCUT2D eigenvalue weighted by atomic mass is 10.1. The van der Waals surface area contributed by atoms with E-state index in [4.69, 9.17) is 5.73 Å². The van der Waals surface area contributed by atoms with E-state index in [9.17, 15) is 0 Å². The van der Waals surface area contributed by atoms with Gasteiger partial charge in [-0.15, -0.1) is 0 Å². The van der Waals surface area contributed by atoms with Crippen LogP contribution >= 0.6 is 0 Å². The van der Waals surface area contributed by atoms with Crippen molar-refractivity contribution in [3.63, 3.8) is 0 Å². The number of aryl methyl sites for hydroxylation is 1. The molecule has 0 saturated heterocycles. The third kappa shape index (κ3) is 2.34. The number of hydrogen-bond donors (Lipinski definition) is 2. The summed E-state index contributed by atoms with van der Waals surface area (Å²) in [4.78, 5) is 8.07. The van der Waals surface area contributed by atoms with E-state index in [1.807, 2.05) is 0 Å². The first-order chi connectivity index (χ1) is 8.22. The molecular weight excluding hydrogens is 210 g/mol. The number of benzene rings is 1. The number of aromatic nitrogens is 2. The van der Waals surface area contributed by atoms with E-state index in [0.29, 0.717) is 5.92 Å². The zero-order valence-electron chi connectivity index (χ0n) is 10.2. The molecule has 1 atom stereocenters. The van der Waals surface area contributed by atoms with Crippen molar-refractivity contribution >= 4 is 11.0 Å². The molecule has 2 aromatic rings. The molecule has 1 heterocycles. The standard InChI is InChI=1S/C14H19N3/c1-9(15)2-3-10-4-7-12-13(8-10)17-14(16-12)11-5-6-11/h4,7-9,11H,2-3,5-6,15H2,1H3,(H,16,17). The van der Waals surface area contributed by atoms with Crippen molar-refractivity contribution in [1.29, 1.82) is 0 Å².